The number of hydrogen-bond acceptors (Lipinski definition) is 4. The summed E-state index contributed by atoms with van der Waals surface area (Å²) >= 11 is 0. The number of rotatable bonds is 1. The van der Waals surface area contributed by atoms with E-state index < -0.39 is 0 Å². The zero-order chi connectivity index (χ0) is 10.1. The summed E-state index contributed by atoms with van der Waals surface area (Å²) in [5.74, 6) is 0.855. The predicted molar refractivity (Wildman–Crippen MR) is 55.3 cm³/mol. The highest BCUT2D eigenvalue weighted by atomic mass is 15.2. The number of anilines is 2. The number of nitrogens with two attached hydrogens (primary N) is 2. The van der Waals surface area contributed by atoms with E-state index in [1.54, 1.807) is 16.9 Å². The number of nitrogens with zero attached hydrogens (tertiary/aromatic N) is 3. The Morgan fingerprint density at radius 2 is 2.07 bits per heavy atom. The lowest BCUT2D eigenvalue weighted by molar-refractivity contribution is 0.768. The second-order valence-corrected chi connectivity index (χ2v) is 3.07. The molecular weight excluding hydrogens is 178 g/mol. The van der Waals surface area contributed by atoms with Crippen molar-refractivity contribution in [1.29, 1.82) is 0 Å². The molecule has 2 aromatic rings. The topological polar surface area (TPSA) is 82.8 Å². The van der Waals surface area contributed by atoms with Crippen LogP contribution in [0.25, 0.3) is 11.1 Å². The smallest absolute Gasteiger partial charge is 0.133 e. The zero-order valence-corrected chi connectivity index (χ0v) is 7.81. The van der Waals surface area contributed by atoms with Crippen molar-refractivity contribution in [2.45, 2.75) is 0 Å². The summed E-state index contributed by atoms with van der Waals surface area (Å²) in [6.07, 6.45) is 3.62. The van der Waals surface area contributed by atoms with Crippen molar-refractivity contribution in [3.8, 4) is 11.1 Å². The summed E-state index contributed by atoms with van der Waals surface area (Å²) in [5, 5.41) is 4.06. The van der Waals surface area contributed by atoms with Gasteiger partial charge in [-0.25, -0.2) is 4.98 Å². The van der Waals surface area contributed by atoms with Crippen LogP contribution in [0.3, 0.4) is 0 Å². The van der Waals surface area contributed by atoms with Gasteiger partial charge in [-0.1, -0.05) is 0 Å². The molecule has 5 heteroatoms. The zero-order valence-electron chi connectivity index (χ0n) is 7.81. The lowest BCUT2D eigenvalue weighted by Crippen LogP contribution is -1.97. The van der Waals surface area contributed by atoms with Crippen LogP contribution in [0.15, 0.2) is 24.5 Å². The monoisotopic (exact) mass is 189 g/mol. The molecule has 0 aliphatic rings. The maximum absolute atomic E-state index is 5.73. The van der Waals surface area contributed by atoms with Crippen molar-refractivity contribution in [1.82, 2.24) is 14.8 Å². The van der Waals surface area contributed by atoms with Gasteiger partial charge in [-0.2, -0.15) is 5.10 Å². The van der Waals surface area contributed by atoms with Crippen LogP contribution < -0.4 is 11.5 Å². The average Bonchev–Trinajstić information content (AvgIpc) is 2.51. The summed E-state index contributed by atoms with van der Waals surface area (Å²) < 4.78 is 1.71. The van der Waals surface area contributed by atoms with E-state index in [9.17, 15) is 0 Å². The average molecular weight is 189 g/mol. The Bertz CT molecular complexity index is 460. The third-order valence-corrected chi connectivity index (χ3v) is 1.96. The van der Waals surface area contributed by atoms with E-state index >= 15 is 0 Å². The van der Waals surface area contributed by atoms with Gasteiger partial charge in [-0.15, -0.1) is 0 Å². The molecule has 0 radical (unpaired) electrons. The van der Waals surface area contributed by atoms with Crippen molar-refractivity contribution in [2.75, 3.05) is 11.5 Å². The molecule has 0 saturated heterocycles. The van der Waals surface area contributed by atoms with Crippen LogP contribution in [0.5, 0.6) is 0 Å². The van der Waals surface area contributed by atoms with E-state index in [4.69, 9.17) is 11.5 Å². The Labute approximate surface area is 81.4 Å². The summed E-state index contributed by atoms with van der Waals surface area (Å²) in [5.41, 5.74) is 13.0. The molecule has 0 aliphatic carbocycles. The Hall–Kier alpha value is -2.04. The van der Waals surface area contributed by atoms with Crippen LogP contribution in [0.1, 0.15) is 0 Å². The molecule has 14 heavy (non-hydrogen) atoms. The number of hydrogen-bond donors (Lipinski definition) is 2. The number of aromatic nitrogens is 3. The van der Waals surface area contributed by atoms with Gasteiger partial charge in [-0.3, -0.25) is 4.68 Å². The largest absolute Gasteiger partial charge is 0.384 e. The summed E-state index contributed by atoms with van der Waals surface area (Å²) in [4.78, 5) is 3.98. The van der Waals surface area contributed by atoms with Gasteiger partial charge < -0.3 is 11.5 Å². The minimum atomic E-state index is 0.426. The Morgan fingerprint density at radius 1 is 1.29 bits per heavy atom. The second kappa shape index (κ2) is 3.02. The van der Waals surface area contributed by atoms with Crippen molar-refractivity contribution in [3.05, 3.63) is 24.5 Å². The minimum absolute atomic E-state index is 0.426. The molecule has 2 heterocycles. The standard InChI is InChI=1S/C9H11N5/c1-14-5-6(4-12-14)7-2-3-8(10)13-9(7)11/h2-5H,1H3,(H4,10,11,13). The van der Waals surface area contributed by atoms with E-state index in [2.05, 4.69) is 10.1 Å². The van der Waals surface area contributed by atoms with Crippen molar-refractivity contribution in [2.24, 2.45) is 7.05 Å². The van der Waals surface area contributed by atoms with E-state index in [-0.39, 0.29) is 0 Å². The lowest BCUT2D eigenvalue weighted by Gasteiger charge is -2.02. The first-order valence-corrected chi connectivity index (χ1v) is 4.18. The molecule has 0 bridgehead atoms. The molecule has 0 aliphatic heterocycles. The van der Waals surface area contributed by atoms with E-state index in [0.29, 0.717) is 11.6 Å². The number of pyridine rings is 1. The van der Waals surface area contributed by atoms with Crippen LogP contribution in [-0.2, 0) is 7.05 Å². The van der Waals surface area contributed by atoms with Crippen LogP contribution in [0.4, 0.5) is 11.6 Å². The lowest BCUT2D eigenvalue weighted by atomic mass is 10.1. The molecule has 0 aromatic carbocycles. The van der Waals surface area contributed by atoms with Crippen LogP contribution in [-0.4, -0.2) is 14.8 Å². The van der Waals surface area contributed by atoms with Gasteiger partial charge in [0.25, 0.3) is 0 Å². The van der Waals surface area contributed by atoms with Gasteiger partial charge in [0.1, 0.15) is 11.6 Å². The Balaban J connectivity index is 2.52. The van der Waals surface area contributed by atoms with E-state index in [1.165, 1.54) is 0 Å². The highest BCUT2D eigenvalue weighted by Gasteiger charge is 2.05. The first-order valence-electron chi connectivity index (χ1n) is 4.18. The summed E-state index contributed by atoms with van der Waals surface area (Å²) in [6, 6.07) is 3.56. The molecule has 0 saturated carbocycles. The van der Waals surface area contributed by atoms with E-state index in [1.807, 2.05) is 19.3 Å². The van der Waals surface area contributed by atoms with E-state index in [0.717, 1.165) is 11.1 Å². The van der Waals surface area contributed by atoms with Gasteiger partial charge in [0.05, 0.1) is 6.20 Å². The number of aryl methyl sites for hydroxylation is 1. The van der Waals surface area contributed by atoms with Crippen LogP contribution in [0, 0.1) is 0 Å². The van der Waals surface area contributed by atoms with Crippen molar-refractivity contribution >= 4 is 11.6 Å². The second-order valence-electron chi connectivity index (χ2n) is 3.07. The Kier molecular flexibility index (Phi) is 1.85. The van der Waals surface area contributed by atoms with Gasteiger partial charge in [0, 0.05) is 24.4 Å². The molecule has 4 N–H and O–H groups in total. The molecule has 2 rings (SSSR count). The predicted octanol–water partition coefficient (Wildman–Crippen LogP) is 0.647. The molecule has 0 amide bonds. The maximum Gasteiger partial charge on any atom is 0.133 e. The van der Waals surface area contributed by atoms with Gasteiger partial charge >= 0.3 is 0 Å². The quantitative estimate of drug-likeness (QED) is 0.689. The fourth-order valence-electron chi connectivity index (χ4n) is 1.30. The normalized spacial score (nSPS) is 10.4. The van der Waals surface area contributed by atoms with Crippen molar-refractivity contribution in [3.63, 3.8) is 0 Å². The van der Waals surface area contributed by atoms with Gasteiger partial charge in [0.15, 0.2) is 0 Å². The number of nitrogen functional groups attached to an aromatic ring is 2. The fraction of sp³-hybridized carbons (Fsp3) is 0.111. The van der Waals surface area contributed by atoms with Gasteiger partial charge in [-0.05, 0) is 12.1 Å². The molecular formula is C9H11N5. The third-order valence-electron chi connectivity index (χ3n) is 1.96. The van der Waals surface area contributed by atoms with Crippen molar-refractivity contribution < 1.29 is 0 Å². The van der Waals surface area contributed by atoms with Crippen LogP contribution >= 0.6 is 0 Å². The summed E-state index contributed by atoms with van der Waals surface area (Å²) in [6.45, 7) is 0. The molecule has 5 nitrogen and oxygen atoms in total. The summed E-state index contributed by atoms with van der Waals surface area (Å²) in [7, 11) is 1.85. The minimum Gasteiger partial charge on any atom is -0.384 e. The SMILES string of the molecule is Cn1cc(-c2ccc(N)nc2N)cn1. The highest BCUT2D eigenvalue weighted by Crippen LogP contribution is 2.24. The van der Waals surface area contributed by atoms with Gasteiger partial charge in [0.2, 0.25) is 0 Å². The molecule has 72 valence electrons. The Morgan fingerprint density at radius 3 is 2.64 bits per heavy atom. The van der Waals surface area contributed by atoms with Crippen LogP contribution in [0.2, 0.25) is 0 Å². The first kappa shape index (κ1) is 8.55. The molecule has 2 aromatic heterocycles. The third kappa shape index (κ3) is 1.39. The first-order chi connectivity index (χ1) is 6.66. The molecule has 0 atom stereocenters. The maximum atomic E-state index is 5.73. The highest BCUT2D eigenvalue weighted by molar-refractivity contribution is 5.73. The molecule has 0 fully saturated rings. The molecule has 0 unspecified atom stereocenters. The molecule has 0 spiro atoms. The fourth-order valence-corrected chi connectivity index (χ4v) is 1.30.